The lowest BCUT2D eigenvalue weighted by Gasteiger charge is -2.21. The van der Waals surface area contributed by atoms with Gasteiger partial charge in [-0.15, -0.1) is 13.2 Å². The van der Waals surface area contributed by atoms with E-state index in [-0.39, 0.29) is 17.6 Å². The maximum Gasteiger partial charge on any atom is 0.573 e. The second-order valence-electron chi connectivity index (χ2n) is 4.99. The SMILES string of the molecule is CC(C)c1[c]ccc(C2C=CCC2)c1OC(F)(F)F. The van der Waals surface area contributed by atoms with Crippen molar-refractivity contribution in [2.75, 3.05) is 0 Å². The van der Waals surface area contributed by atoms with Crippen LogP contribution in [0.15, 0.2) is 24.3 Å². The monoisotopic (exact) mass is 269 g/mol. The summed E-state index contributed by atoms with van der Waals surface area (Å²) in [6, 6.07) is 6.23. The molecule has 0 fully saturated rings. The molecular formula is C15H16F3O. The fraction of sp³-hybridized carbons (Fsp3) is 0.467. The van der Waals surface area contributed by atoms with Crippen molar-refractivity contribution < 1.29 is 17.9 Å². The molecule has 0 aliphatic heterocycles. The number of halogens is 3. The van der Waals surface area contributed by atoms with E-state index in [1.165, 1.54) is 0 Å². The fourth-order valence-electron chi connectivity index (χ4n) is 2.36. The molecule has 0 bridgehead atoms. The zero-order chi connectivity index (χ0) is 14.0. The summed E-state index contributed by atoms with van der Waals surface area (Å²) >= 11 is 0. The molecule has 1 radical (unpaired) electrons. The van der Waals surface area contributed by atoms with Gasteiger partial charge in [0.15, 0.2) is 0 Å². The van der Waals surface area contributed by atoms with Crippen LogP contribution in [0.1, 0.15) is 49.7 Å². The third-order valence-electron chi connectivity index (χ3n) is 3.22. The largest absolute Gasteiger partial charge is 0.573 e. The average molecular weight is 269 g/mol. The Kier molecular flexibility index (Phi) is 3.88. The summed E-state index contributed by atoms with van der Waals surface area (Å²) in [5, 5.41) is 0. The van der Waals surface area contributed by atoms with Crippen LogP contribution in [0.3, 0.4) is 0 Å². The molecule has 0 heterocycles. The number of benzene rings is 1. The lowest BCUT2D eigenvalue weighted by Crippen LogP contribution is -2.20. The number of allylic oxidation sites excluding steroid dienone is 2. The minimum Gasteiger partial charge on any atom is -0.405 e. The van der Waals surface area contributed by atoms with E-state index in [1.807, 2.05) is 26.0 Å². The van der Waals surface area contributed by atoms with E-state index >= 15 is 0 Å². The predicted octanol–water partition coefficient (Wildman–Crippen LogP) is 4.94. The molecule has 19 heavy (non-hydrogen) atoms. The van der Waals surface area contributed by atoms with Crippen LogP contribution in [-0.4, -0.2) is 6.36 Å². The first-order chi connectivity index (χ1) is 8.88. The van der Waals surface area contributed by atoms with Crippen molar-refractivity contribution in [2.45, 2.75) is 44.9 Å². The molecule has 0 N–H and O–H groups in total. The van der Waals surface area contributed by atoms with Crippen LogP contribution in [-0.2, 0) is 0 Å². The lowest BCUT2D eigenvalue weighted by molar-refractivity contribution is -0.275. The molecule has 1 aliphatic rings. The van der Waals surface area contributed by atoms with E-state index < -0.39 is 6.36 Å². The molecule has 0 spiro atoms. The van der Waals surface area contributed by atoms with Crippen molar-refractivity contribution in [3.05, 3.63) is 41.5 Å². The molecule has 1 aromatic rings. The fourth-order valence-corrected chi connectivity index (χ4v) is 2.36. The zero-order valence-corrected chi connectivity index (χ0v) is 10.9. The highest BCUT2D eigenvalue weighted by atomic mass is 19.4. The Labute approximate surface area is 111 Å². The van der Waals surface area contributed by atoms with Crippen LogP contribution in [0.2, 0.25) is 0 Å². The Hall–Kier alpha value is -1.45. The summed E-state index contributed by atoms with van der Waals surface area (Å²) in [6.07, 6.45) is 0.994. The highest BCUT2D eigenvalue weighted by Crippen LogP contribution is 2.40. The normalized spacial score (nSPS) is 19.2. The predicted molar refractivity (Wildman–Crippen MR) is 67.2 cm³/mol. The molecule has 0 aromatic heterocycles. The van der Waals surface area contributed by atoms with Gasteiger partial charge in [-0.25, -0.2) is 0 Å². The van der Waals surface area contributed by atoms with Crippen molar-refractivity contribution in [3.63, 3.8) is 0 Å². The first-order valence-corrected chi connectivity index (χ1v) is 6.35. The molecule has 2 rings (SSSR count). The molecule has 1 atom stereocenters. The van der Waals surface area contributed by atoms with Gasteiger partial charge in [0.1, 0.15) is 5.75 Å². The van der Waals surface area contributed by atoms with Gasteiger partial charge in [-0.1, -0.05) is 38.1 Å². The molecule has 4 heteroatoms. The molecule has 103 valence electrons. The molecular weight excluding hydrogens is 253 g/mol. The van der Waals surface area contributed by atoms with Gasteiger partial charge < -0.3 is 4.74 Å². The smallest absolute Gasteiger partial charge is 0.405 e. The summed E-state index contributed by atoms with van der Waals surface area (Å²) in [4.78, 5) is 0. The third-order valence-corrected chi connectivity index (χ3v) is 3.22. The molecule has 1 aromatic carbocycles. The average Bonchev–Trinajstić information content (AvgIpc) is 2.80. The second-order valence-corrected chi connectivity index (χ2v) is 4.99. The summed E-state index contributed by atoms with van der Waals surface area (Å²) in [6.45, 7) is 3.67. The minimum absolute atomic E-state index is 0.00412. The van der Waals surface area contributed by atoms with Crippen molar-refractivity contribution >= 4 is 0 Å². The maximum absolute atomic E-state index is 12.6. The Balaban J connectivity index is 2.46. The number of rotatable bonds is 3. The van der Waals surface area contributed by atoms with Gasteiger partial charge in [-0.2, -0.15) is 0 Å². The van der Waals surface area contributed by atoms with E-state index in [2.05, 4.69) is 10.8 Å². The van der Waals surface area contributed by atoms with E-state index in [9.17, 15) is 13.2 Å². The van der Waals surface area contributed by atoms with Gasteiger partial charge in [0.2, 0.25) is 0 Å². The Morgan fingerprint density at radius 1 is 1.37 bits per heavy atom. The lowest BCUT2D eigenvalue weighted by atomic mass is 9.92. The van der Waals surface area contributed by atoms with Gasteiger partial charge in [-0.05, 0) is 24.8 Å². The molecule has 0 saturated heterocycles. The summed E-state index contributed by atoms with van der Waals surface area (Å²) in [7, 11) is 0. The quantitative estimate of drug-likeness (QED) is 0.706. The van der Waals surface area contributed by atoms with Gasteiger partial charge in [-0.3, -0.25) is 0 Å². The molecule has 1 aliphatic carbocycles. The number of hydrogen-bond donors (Lipinski definition) is 0. The number of ether oxygens (including phenoxy) is 1. The standard InChI is InChI=1S/C15H16F3O/c1-10(2)12-8-5-9-13(11-6-3-4-7-11)14(12)19-15(16,17)18/h3,5-6,9-11H,4,7H2,1-2H3. The zero-order valence-electron chi connectivity index (χ0n) is 10.9. The van der Waals surface area contributed by atoms with Gasteiger partial charge >= 0.3 is 6.36 Å². The first kappa shape index (κ1) is 14.0. The maximum atomic E-state index is 12.6. The van der Waals surface area contributed by atoms with Crippen molar-refractivity contribution in [1.29, 1.82) is 0 Å². The van der Waals surface area contributed by atoms with Crippen LogP contribution in [0.25, 0.3) is 0 Å². The highest BCUT2D eigenvalue weighted by molar-refractivity contribution is 5.46. The minimum atomic E-state index is -4.67. The van der Waals surface area contributed by atoms with Crippen molar-refractivity contribution in [3.8, 4) is 5.75 Å². The summed E-state index contributed by atoms with van der Waals surface area (Å²) < 4.78 is 42.1. The van der Waals surface area contributed by atoms with Crippen LogP contribution in [0.4, 0.5) is 13.2 Å². The first-order valence-electron chi connectivity index (χ1n) is 6.35. The second kappa shape index (κ2) is 5.27. The summed E-state index contributed by atoms with van der Waals surface area (Å²) in [5.74, 6) is -0.131. The van der Waals surface area contributed by atoms with Gasteiger partial charge in [0, 0.05) is 17.0 Å². The van der Waals surface area contributed by atoms with Crippen LogP contribution >= 0.6 is 0 Å². The van der Waals surface area contributed by atoms with E-state index in [4.69, 9.17) is 0 Å². The number of alkyl halides is 3. The van der Waals surface area contributed by atoms with E-state index in [0.717, 1.165) is 12.8 Å². The van der Waals surface area contributed by atoms with Gasteiger partial charge in [0.05, 0.1) is 0 Å². The molecule has 1 nitrogen and oxygen atoms in total. The van der Waals surface area contributed by atoms with Gasteiger partial charge in [0.25, 0.3) is 0 Å². The molecule has 0 saturated carbocycles. The third kappa shape index (κ3) is 3.31. The topological polar surface area (TPSA) is 9.23 Å². The molecule has 1 unspecified atom stereocenters. The van der Waals surface area contributed by atoms with Crippen LogP contribution < -0.4 is 4.74 Å². The van der Waals surface area contributed by atoms with Crippen LogP contribution in [0, 0.1) is 6.07 Å². The van der Waals surface area contributed by atoms with Crippen LogP contribution in [0.5, 0.6) is 5.75 Å². The van der Waals surface area contributed by atoms with Crippen molar-refractivity contribution in [2.24, 2.45) is 0 Å². The summed E-state index contributed by atoms with van der Waals surface area (Å²) in [5.41, 5.74) is 1.09. The van der Waals surface area contributed by atoms with Crippen molar-refractivity contribution in [1.82, 2.24) is 0 Å². The Morgan fingerprint density at radius 3 is 2.63 bits per heavy atom. The van der Waals surface area contributed by atoms with E-state index in [1.54, 1.807) is 12.1 Å². The van der Waals surface area contributed by atoms with E-state index in [0.29, 0.717) is 11.1 Å². The molecule has 0 amide bonds. The highest BCUT2D eigenvalue weighted by Gasteiger charge is 2.34. The Morgan fingerprint density at radius 2 is 2.11 bits per heavy atom. The number of hydrogen-bond acceptors (Lipinski definition) is 1. The Bertz CT molecular complexity index is 475.